The second kappa shape index (κ2) is 5.37. The minimum absolute atomic E-state index is 0.00134. The number of aliphatic hydroxyl groups is 2. The molecule has 0 aromatic heterocycles. The summed E-state index contributed by atoms with van der Waals surface area (Å²) in [7, 11) is 0. The fourth-order valence-corrected chi connectivity index (χ4v) is 1.43. The highest BCUT2D eigenvalue weighted by molar-refractivity contribution is 5.54. The van der Waals surface area contributed by atoms with Crippen LogP contribution in [0, 0.1) is 6.92 Å². The number of aliphatic hydroxyl groups excluding tert-OH is 2. The van der Waals surface area contributed by atoms with Gasteiger partial charge in [0.05, 0.1) is 18.3 Å². The van der Waals surface area contributed by atoms with E-state index in [2.05, 4.69) is 5.32 Å². The topological polar surface area (TPSA) is 52.5 Å². The first-order chi connectivity index (χ1) is 7.86. The molecular formula is C11H14F3NO2. The van der Waals surface area contributed by atoms with E-state index in [-0.39, 0.29) is 12.1 Å². The van der Waals surface area contributed by atoms with Gasteiger partial charge in [-0.05, 0) is 24.6 Å². The van der Waals surface area contributed by atoms with Crippen LogP contribution in [0.1, 0.15) is 11.1 Å². The molecule has 0 radical (unpaired) electrons. The first-order valence-corrected chi connectivity index (χ1v) is 5.06. The lowest BCUT2D eigenvalue weighted by atomic mass is 10.1. The van der Waals surface area contributed by atoms with Crippen LogP contribution in [-0.4, -0.2) is 29.5 Å². The molecule has 0 fully saturated rings. The molecule has 1 aromatic carbocycles. The van der Waals surface area contributed by atoms with Crippen molar-refractivity contribution >= 4 is 5.69 Å². The average molecular weight is 249 g/mol. The van der Waals surface area contributed by atoms with E-state index in [9.17, 15) is 13.2 Å². The number of hydrogen-bond acceptors (Lipinski definition) is 3. The Hall–Kier alpha value is -1.27. The SMILES string of the molecule is Cc1c(NCC(O)CO)cccc1C(F)(F)F. The van der Waals surface area contributed by atoms with E-state index in [1.165, 1.54) is 19.1 Å². The molecule has 0 aliphatic carbocycles. The van der Waals surface area contributed by atoms with E-state index in [4.69, 9.17) is 10.2 Å². The molecule has 3 nitrogen and oxygen atoms in total. The molecule has 0 bridgehead atoms. The molecule has 17 heavy (non-hydrogen) atoms. The van der Waals surface area contributed by atoms with Crippen molar-refractivity contribution in [3.8, 4) is 0 Å². The molecule has 1 unspecified atom stereocenters. The smallest absolute Gasteiger partial charge is 0.394 e. The second-order valence-corrected chi connectivity index (χ2v) is 3.69. The van der Waals surface area contributed by atoms with E-state index in [0.717, 1.165) is 6.07 Å². The largest absolute Gasteiger partial charge is 0.416 e. The summed E-state index contributed by atoms with van der Waals surface area (Å²) in [5, 5.41) is 20.4. The van der Waals surface area contributed by atoms with Gasteiger partial charge in [-0.2, -0.15) is 13.2 Å². The minimum atomic E-state index is -4.39. The average Bonchev–Trinajstić information content (AvgIpc) is 2.25. The second-order valence-electron chi connectivity index (χ2n) is 3.69. The first-order valence-electron chi connectivity index (χ1n) is 5.06. The highest BCUT2D eigenvalue weighted by atomic mass is 19.4. The van der Waals surface area contributed by atoms with Gasteiger partial charge >= 0.3 is 6.18 Å². The lowest BCUT2D eigenvalue weighted by Crippen LogP contribution is -2.23. The fourth-order valence-electron chi connectivity index (χ4n) is 1.43. The number of rotatable bonds is 4. The van der Waals surface area contributed by atoms with Crippen molar-refractivity contribution in [2.45, 2.75) is 19.2 Å². The summed E-state index contributed by atoms with van der Waals surface area (Å²) in [6.45, 7) is 0.917. The minimum Gasteiger partial charge on any atom is -0.394 e. The van der Waals surface area contributed by atoms with Gasteiger partial charge in [0.2, 0.25) is 0 Å². The summed E-state index contributed by atoms with van der Waals surface area (Å²) >= 11 is 0. The van der Waals surface area contributed by atoms with E-state index < -0.39 is 24.5 Å². The molecule has 0 saturated heterocycles. The Balaban J connectivity index is 2.88. The maximum absolute atomic E-state index is 12.6. The number of nitrogens with one attached hydrogen (secondary N) is 1. The number of benzene rings is 1. The molecule has 0 saturated carbocycles. The van der Waals surface area contributed by atoms with Crippen molar-refractivity contribution in [3.05, 3.63) is 29.3 Å². The highest BCUT2D eigenvalue weighted by Crippen LogP contribution is 2.34. The summed E-state index contributed by atoms with van der Waals surface area (Å²) < 4.78 is 37.7. The van der Waals surface area contributed by atoms with Crippen LogP contribution in [0.4, 0.5) is 18.9 Å². The summed E-state index contributed by atoms with van der Waals surface area (Å²) in [6.07, 6.45) is -5.39. The Morgan fingerprint density at radius 3 is 2.53 bits per heavy atom. The first kappa shape index (κ1) is 13.8. The van der Waals surface area contributed by atoms with Crippen LogP contribution in [0.3, 0.4) is 0 Å². The molecule has 1 aromatic rings. The quantitative estimate of drug-likeness (QED) is 0.762. The molecule has 0 heterocycles. The molecule has 0 aliphatic rings. The van der Waals surface area contributed by atoms with Crippen molar-refractivity contribution in [2.24, 2.45) is 0 Å². The Bertz CT molecular complexity index is 379. The van der Waals surface area contributed by atoms with Crippen LogP contribution in [0.25, 0.3) is 0 Å². The number of hydrogen-bond donors (Lipinski definition) is 3. The molecule has 1 rings (SSSR count). The predicted molar refractivity (Wildman–Crippen MR) is 57.8 cm³/mol. The normalized spacial score (nSPS) is 13.5. The van der Waals surface area contributed by atoms with Crippen LogP contribution >= 0.6 is 0 Å². The number of alkyl halides is 3. The highest BCUT2D eigenvalue weighted by Gasteiger charge is 2.32. The third-order valence-electron chi connectivity index (χ3n) is 2.38. The van der Waals surface area contributed by atoms with Gasteiger partial charge in [0.15, 0.2) is 0 Å². The fraction of sp³-hybridized carbons (Fsp3) is 0.455. The number of halogens is 3. The lowest BCUT2D eigenvalue weighted by Gasteiger charge is -2.16. The zero-order valence-corrected chi connectivity index (χ0v) is 9.25. The van der Waals surface area contributed by atoms with E-state index >= 15 is 0 Å². The number of anilines is 1. The summed E-state index contributed by atoms with van der Waals surface area (Å²) in [4.78, 5) is 0. The van der Waals surface area contributed by atoms with Crippen molar-refractivity contribution in [1.82, 2.24) is 0 Å². The van der Waals surface area contributed by atoms with Crippen molar-refractivity contribution < 1.29 is 23.4 Å². The van der Waals surface area contributed by atoms with Crippen LogP contribution in [-0.2, 0) is 6.18 Å². The van der Waals surface area contributed by atoms with Gasteiger partial charge < -0.3 is 15.5 Å². The molecule has 96 valence electrons. The molecule has 1 atom stereocenters. The van der Waals surface area contributed by atoms with Gasteiger partial charge in [-0.3, -0.25) is 0 Å². The Morgan fingerprint density at radius 1 is 1.35 bits per heavy atom. The van der Waals surface area contributed by atoms with Crippen LogP contribution in [0.2, 0.25) is 0 Å². The zero-order valence-electron chi connectivity index (χ0n) is 9.25. The Kier molecular flexibility index (Phi) is 4.36. The molecular weight excluding hydrogens is 235 g/mol. The molecule has 0 aliphatic heterocycles. The molecule has 6 heteroatoms. The summed E-state index contributed by atoms with van der Waals surface area (Å²) in [6, 6.07) is 3.79. The van der Waals surface area contributed by atoms with E-state index in [1.54, 1.807) is 0 Å². The van der Waals surface area contributed by atoms with Gasteiger partial charge in [0.25, 0.3) is 0 Å². The standard InChI is InChI=1S/C11H14F3NO2/c1-7-9(11(12,13)14)3-2-4-10(7)15-5-8(17)6-16/h2-4,8,15-17H,5-6H2,1H3. The summed E-state index contributed by atoms with van der Waals surface area (Å²) in [5.41, 5.74) is -0.335. The predicted octanol–water partition coefficient (Wildman–Crippen LogP) is 1.78. The third-order valence-corrected chi connectivity index (χ3v) is 2.38. The van der Waals surface area contributed by atoms with Crippen molar-refractivity contribution in [2.75, 3.05) is 18.5 Å². The van der Waals surface area contributed by atoms with Gasteiger partial charge in [-0.25, -0.2) is 0 Å². The molecule has 3 N–H and O–H groups in total. The van der Waals surface area contributed by atoms with Gasteiger partial charge in [0.1, 0.15) is 0 Å². The van der Waals surface area contributed by atoms with Gasteiger partial charge in [-0.15, -0.1) is 0 Å². The molecule has 0 amide bonds. The third kappa shape index (κ3) is 3.61. The van der Waals surface area contributed by atoms with E-state index in [1.807, 2.05) is 0 Å². The van der Waals surface area contributed by atoms with Crippen LogP contribution < -0.4 is 5.32 Å². The maximum atomic E-state index is 12.6. The summed E-state index contributed by atoms with van der Waals surface area (Å²) in [5.74, 6) is 0. The van der Waals surface area contributed by atoms with Crippen LogP contribution in [0.15, 0.2) is 18.2 Å². The van der Waals surface area contributed by atoms with Crippen LogP contribution in [0.5, 0.6) is 0 Å². The van der Waals surface area contributed by atoms with Crippen molar-refractivity contribution in [1.29, 1.82) is 0 Å². The van der Waals surface area contributed by atoms with Gasteiger partial charge in [0, 0.05) is 12.2 Å². The zero-order chi connectivity index (χ0) is 13.1. The monoisotopic (exact) mass is 249 g/mol. The Morgan fingerprint density at radius 2 is 2.00 bits per heavy atom. The molecule has 0 spiro atoms. The lowest BCUT2D eigenvalue weighted by molar-refractivity contribution is -0.138. The Labute approximate surface area is 96.9 Å². The van der Waals surface area contributed by atoms with Crippen molar-refractivity contribution in [3.63, 3.8) is 0 Å². The maximum Gasteiger partial charge on any atom is 0.416 e. The van der Waals surface area contributed by atoms with Gasteiger partial charge in [-0.1, -0.05) is 6.07 Å². The van der Waals surface area contributed by atoms with E-state index in [0.29, 0.717) is 5.69 Å².